The smallest absolute Gasteiger partial charge is 0.118 e. The van der Waals surface area contributed by atoms with Gasteiger partial charge in [0.05, 0.1) is 12.8 Å². The molecule has 20 heavy (non-hydrogen) atoms. The van der Waals surface area contributed by atoms with E-state index in [9.17, 15) is 5.11 Å². The predicted molar refractivity (Wildman–Crippen MR) is 79.8 cm³/mol. The molecular formula is C17H21NO2. The van der Waals surface area contributed by atoms with Gasteiger partial charge in [-0.15, -0.1) is 0 Å². The summed E-state index contributed by atoms with van der Waals surface area (Å²) in [5, 5.41) is 11.0. The number of methoxy groups -OCH3 is 1. The summed E-state index contributed by atoms with van der Waals surface area (Å²) in [5.41, 5.74) is 0.821. The molecule has 1 aromatic carbocycles. The van der Waals surface area contributed by atoms with E-state index < -0.39 is 5.60 Å². The monoisotopic (exact) mass is 271 g/mol. The number of hydrogen-bond acceptors (Lipinski definition) is 3. The molecule has 0 radical (unpaired) electrons. The summed E-state index contributed by atoms with van der Waals surface area (Å²) in [7, 11) is 1.65. The Hall–Kier alpha value is -1.87. The molecule has 0 spiro atoms. The molecule has 1 N–H and O–H groups in total. The molecule has 0 saturated carbocycles. The second kappa shape index (κ2) is 6.06. The fourth-order valence-electron chi connectivity index (χ4n) is 2.50. The minimum atomic E-state index is -0.962. The van der Waals surface area contributed by atoms with Crippen LogP contribution in [0.5, 0.6) is 5.75 Å². The zero-order valence-corrected chi connectivity index (χ0v) is 12.2. The highest BCUT2D eigenvalue weighted by Gasteiger charge is 2.36. The zero-order valence-electron chi connectivity index (χ0n) is 12.2. The summed E-state index contributed by atoms with van der Waals surface area (Å²) >= 11 is 0. The van der Waals surface area contributed by atoms with Gasteiger partial charge in [0, 0.05) is 12.1 Å². The van der Waals surface area contributed by atoms with Gasteiger partial charge in [0.15, 0.2) is 0 Å². The number of aliphatic hydroxyl groups is 1. The Morgan fingerprint density at radius 3 is 2.40 bits per heavy atom. The maximum atomic E-state index is 11.0. The van der Waals surface area contributed by atoms with Crippen molar-refractivity contribution in [3.8, 4) is 5.75 Å². The van der Waals surface area contributed by atoms with Crippen LogP contribution in [0.4, 0.5) is 0 Å². The van der Waals surface area contributed by atoms with Crippen LogP contribution in [0.25, 0.3) is 0 Å². The quantitative estimate of drug-likeness (QED) is 0.905. The average molecular weight is 271 g/mol. The van der Waals surface area contributed by atoms with Gasteiger partial charge < -0.3 is 9.84 Å². The molecule has 0 aliphatic rings. The molecule has 0 aliphatic heterocycles. The molecule has 2 aromatic rings. The summed E-state index contributed by atoms with van der Waals surface area (Å²) in [6.45, 7) is 4.01. The number of pyridine rings is 1. The Morgan fingerprint density at radius 1 is 1.20 bits per heavy atom. The molecule has 2 rings (SSSR count). The van der Waals surface area contributed by atoms with E-state index in [1.807, 2.05) is 56.3 Å². The lowest BCUT2D eigenvalue weighted by Crippen LogP contribution is -2.32. The van der Waals surface area contributed by atoms with Gasteiger partial charge >= 0.3 is 0 Å². The predicted octanol–water partition coefficient (Wildman–Crippen LogP) is 3.49. The third kappa shape index (κ3) is 2.68. The van der Waals surface area contributed by atoms with Crippen LogP contribution in [0, 0.1) is 0 Å². The van der Waals surface area contributed by atoms with Crippen molar-refractivity contribution in [2.75, 3.05) is 7.11 Å². The molecule has 3 nitrogen and oxygen atoms in total. The van der Waals surface area contributed by atoms with Gasteiger partial charge in [-0.05, 0) is 36.2 Å². The first-order valence-corrected chi connectivity index (χ1v) is 6.89. The molecule has 0 unspecified atom stereocenters. The number of ether oxygens (including phenoxy) is 1. The second-order valence-corrected chi connectivity index (χ2v) is 4.99. The number of benzene rings is 1. The van der Waals surface area contributed by atoms with Crippen molar-refractivity contribution in [2.24, 2.45) is 0 Å². The molecule has 1 heterocycles. The number of rotatable bonds is 5. The summed E-state index contributed by atoms with van der Waals surface area (Å²) in [6.07, 6.45) is 2.33. The number of hydrogen-bond donors (Lipinski definition) is 1. The van der Waals surface area contributed by atoms with Crippen LogP contribution >= 0.6 is 0 Å². The lowest BCUT2D eigenvalue weighted by Gasteiger charge is -2.33. The maximum absolute atomic E-state index is 11.0. The highest BCUT2D eigenvalue weighted by Crippen LogP contribution is 2.38. The van der Waals surface area contributed by atoms with Crippen LogP contribution in [0.15, 0.2) is 48.7 Å². The van der Waals surface area contributed by atoms with Crippen LogP contribution in [0.3, 0.4) is 0 Å². The van der Waals surface area contributed by atoms with Gasteiger partial charge in [0.2, 0.25) is 0 Å². The van der Waals surface area contributed by atoms with E-state index in [-0.39, 0.29) is 5.92 Å². The Kier molecular flexibility index (Phi) is 4.40. The van der Waals surface area contributed by atoms with Crippen LogP contribution in [0.1, 0.15) is 37.4 Å². The Balaban J connectivity index is 2.35. The molecule has 0 fully saturated rings. The molecule has 2 atom stereocenters. The Bertz CT molecular complexity index is 539. The van der Waals surface area contributed by atoms with Crippen LogP contribution < -0.4 is 4.74 Å². The van der Waals surface area contributed by atoms with E-state index in [4.69, 9.17) is 4.74 Å². The third-order valence-corrected chi connectivity index (χ3v) is 3.98. The molecule has 0 saturated heterocycles. The molecule has 3 heteroatoms. The van der Waals surface area contributed by atoms with Gasteiger partial charge in [-0.25, -0.2) is 0 Å². The van der Waals surface area contributed by atoms with Crippen molar-refractivity contribution < 1.29 is 9.84 Å². The molecule has 0 amide bonds. The minimum Gasteiger partial charge on any atom is -0.497 e. The summed E-state index contributed by atoms with van der Waals surface area (Å²) in [4.78, 5) is 4.33. The third-order valence-electron chi connectivity index (χ3n) is 3.98. The molecule has 106 valence electrons. The SMILES string of the molecule is CC[C@](O)(c1ccccn1)[C@H](C)c1ccc(OC)cc1. The van der Waals surface area contributed by atoms with Crippen molar-refractivity contribution in [3.63, 3.8) is 0 Å². The first kappa shape index (κ1) is 14.5. The molecule has 1 aromatic heterocycles. The number of aromatic nitrogens is 1. The molecule has 0 bridgehead atoms. The molecular weight excluding hydrogens is 250 g/mol. The summed E-state index contributed by atoms with van der Waals surface area (Å²) in [5.74, 6) is 0.770. The standard InChI is InChI=1S/C17H21NO2/c1-4-17(19,16-7-5-6-12-18-16)13(2)14-8-10-15(20-3)11-9-14/h5-13,19H,4H2,1-3H3/t13-,17-/m1/s1. The van der Waals surface area contributed by atoms with E-state index in [1.165, 1.54) is 0 Å². The van der Waals surface area contributed by atoms with E-state index >= 15 is 0 Å². The summed E-state index contributed by atoms with van der Waals surface area (Å²) in [6, 6.07) is 13.5. The van der Waals surface area contributed by atoms with Crippen LogP contribution in [-0.2, 0) is 5.60 Å². The van der Waals surface area contributed by atoms with E-state index in [0.717, 1.165) is 11.3 Å². The number of nitrogens with zero attached hydrogens (tertiary/aromatic N) is 1. The van der Waals surface area contributed by atoms with Crippen molar-refractivity contribution in [3.05, 3.63) is 59.9 Å². The van der Waals surface area contributed by atoms with E-state index in [1.54, 1.807) is 13.3 Å². The summed E-state index contributed by atoms with van der Waals surface area (Å²) < 4.78 is 5.17. The normalized spacial score (nSPS) is 15.4. The van der Waals surface area contributed by atoms with Gasteiger partial charge in [0.25, 0.3) is 0 Å². The van der Waals surface area contributed by atoms with Crippen molar-refractivity contribution in [1.29, 1.82) is 0 Å². The highest BCUT2D eigenvalue weighted by atomic mass is 16.5. The van der Waals surface area contributed by atoms with E-state index in [2.05, 4.69) is 4.98 Å². The largest absolute Gasteiger partial charge is 0.497 e. The van der Waals surface area contributed by atoms with Gasteiger partial charge in [-0.1, -0.05) is 32.0 Å². The van der Waals surface area contributed by atoms with Gasteiger partial charge in [-0.2, -0.15) is 0 Å². The lowest BCUT2D eigenvalue weighted by atomic mass is 9.79. The first-order chi connectivity index (χ1) is 9.61. The first-order valence-electron chi connectivity index (χ1n) is 6.89. The molecule has 0 aliphatic carbocycles. The lowest BCUT2D eigenvalue weighted by molar-refractivity contribution is 0.00427. The van der Waals surface area contributed by atoms with Crippen molar-refractivity contribution in [2.45, 2.75) is 31.8 Å². The fraction of sp³-hybridized carbons (Fsp3) is 0.353. The Morgan fingerprint density at radius 2 is 1.90 bits per heavy atom. The maximum Gasteiger partial charge on any atom is 0.118 e. The van der Waals surface area contributed by atoms with Gasteiger partial charge in [-0.3, -0.25) is 4.98 Å². The zero-order chi connectivity index (χ0) is 14.6. The van der Waals surface area contributed by atoms with Gasteiger partial charge in [0.1, 0.15) is 11.4 Å². The van der Waals surface area contributed by atoms with Crippen LogP contribution in [-0.4, -0.2) is 17.2 Å². The average Bonchev–Trinajstić information content (AvgIpc) is 2.54. The Labute approximate surface area is 120 Å². The van der Waals surface area contributed by atoms with Crippen molar-refractivity contribution >= 4 is 0 Å². The second-order valence-electron chi connectivity index (χ2n) is 4.99. The van der Waals surface area contributed by atoms with Crippen molar-refractivity contribution in [1.82, 2.24) is 4.98 Å². The van der Waals surface area contributed by atoms with E-state index in [0.29, 0.717) is 12.1 Å². The van der Waals surface area contributed by atoms with Crippen LogP contribution in [0.2, 0.25) is 0 Å². The fourth-order valence-corrected chi connectivity index (χ4v) is 2.50. The topological polar surface area (TPSA) is 42.4 Å². The minimum absolute atomic E-state index is 0.0479. The highest BCUT2D eigenvalue weighted by molar-refractivity contribution is 5.32.